The third-order valence-corrected chi connectivity index (χ3v) is 3.05. The third-order valence-electron chi connectivity index (χ3n) is 3.05. The molecule has 1 heterocycles. The van der Waals surface area contributed by atoms with Crippen molar-refractivity contribution in [2.75, 3.05) is 12.4 Å². The van der Waals surface area contributed by atoms with E-state index in [1.165, 1.54) is 13.2 Å². The molecule has 0 aliphatic heterocycles. The molecule has 0 radical (unpaired) electrons. The first kappa shape index (κ1) is 15.6. The number of hydrogen-bond donors (Lipinski definition) is 2. The number of carbonyl (C=O) groups excluding carboxylic acids is 1. The molecule has 0 aliphatic rings. The fourth-order valence-electron chi connectivity index (χ4n) is 2.01. The van der Waals surface area contributed by atoms with Gasteiger partial charge in [-0.1, -0.05) is 6.92 Å². The second-order valence-electron chi connectivity index (χ2n) is 4.68. The van der Waals surface area contributed by atoms with Crippen LogP contribution < -0.4 is 10.1 Å². The number of methoxy groups -OCH3 is 1. The number of rotatable bonds is 6. The van der Waals surface area contributed by atoms with Gasteiger partial charge in [0.15, 0.2) is 0 Å². The molecule has 0 fully saturated rings. The zero-order valence-electron chi connectivity index (χ0n) is 12.4. The van der Waals surface area contributed by atoms with E-state index in [2.05, 4.69) is 5.32 Å². The van der Waals surface area contributed by atoms with Gasteiger partial charge in [-0.2, -0.15) is 0 Å². The van der Waals surface area contributed by atoms with Gasteiger partial charge in [-0.15, -0.1) is 0 Å². The zero-order chi connectivity index (χ0) is 16.1. The molecular formula is C16H17NO5. The minimum absolute atomic E-state index is 0.108. The normalized spacial score (nSPS) is 10.3. The van der Waals surface area contributed by atoms with Crippen molar-refractivity contribution < 1.29 is 23.8 Å². The number of benzene rings is 1. The van der Waals surface area contributed by atoms with E-state index in [0.717, 1.165) is 6.42 Å². The van der Waals surface area contributed by atoms with Crippen LogP contribution >= 0.6 is 0 Å². The van der Waals surface area contributed by atoms with Gasteiger partial charge in [0.05, 0.1) is 12.8 Å². The monoisotopic (exact) mass is 303 g/mol. The van der Waals surface area contributed by atoms with Crippen LogP contribution in [0.2, 0.25) is 0 Å². The number of amides is 1. The van der Waals surface area contributed by atoms with Crippen molar-refractivity contribution in [2.24, 2.45) is 0 Å². The molecule has 6 nitrogen and oxygen atoms in total. The van der Waals surface area contributed by atoms with E-state index in [1.54, 1.807) is 24.3 Å². The Hall–Kier alpha value is -2.76. The van der Waals surface area contributed by atoms with Crippen LogP contribution in [0.3, 0.4) is 0 Å². The highest BCUT2D eigenvalue weighted by Crippen LogP contribution is 2.31. The lowest BCUT2D eigenvalue weighted by Crippen LogP contribution is -2.11. The summed E-state index contributed by atoms with van der Waals surface area (Å²) in [4.78, 5) is 22.6. The van der Waals surface area contributed by atoms with Crippen molar-refractivity contribution in [1.82, 2.24) is 0 Å². The molecule has 0 atom stereocenters. The number of carboxylic acid groups (broad SMARTS) is 1. The molecule has 116 valence electrons. The van der Waals surface area contributed by atoms with Crippen LogP contribution in [0.4, 0.5) is 5.69 Å². The summed E-state index contributed by atoms with van der Waals surface area (Å²) in [6, 6.07) is 8.08. The third kappa shape index (κ3) is 3.46. The number of carboxylic acids is 1. The first-order valence-electron chi connectivity index (χ1n) is 6.86. The lowest BCUT2D eigenvalue weighted by molar-refractivity contribution is -0.116. The smallest absolute Gasteiger partial charge is 0.371 e. The van der Waals surface area contributed by atoms with Crippen molar-refractivity contribution in [3.63, 3.8) is 0 Å². The second-order valence-corrected chi connectivity index (χ2v) is 4.68. The van der Waals surface area contributed by atoms with Crippen LogP contribution in [0.1, 0.15) is 30.3 Å². The van der Waals surface area contributed by atoms with Crippen molar-refractivity contribution in [3.05, 3.63) is 36.1 Å². The predicted octanol–water partition coefficient (Wildman–Crippen LogP) is 3.39. The molecule has 2 rings (SSSR count). The van der Waals surface area contributed by atoms with Gasteiger partial charge in [0, 0.05) is 12.0 Å². The van der Waals surface area contributed by atoms with Gasteiger partial charge >= 0.3 is 5.97 Å². The summed E-state index contributed by atoms with van der Waals surface area (Å²) in [6.45, 7) is 1.92. The maximum atomic E-state index is 11.8. The number of ether oxygens (including phenoxy) is 1. The molecule has 1 aromatic heterocycles. The minimum atomic E-state index is -1.13. The maximum absolute atomic E-state index is 11.8. The second kappa shape index (κ2) is 6.80. The first-order valence-corrected chi connectivity index (χ1v) is 6.86. The van der Waals surface area contributed by atoms with Gasteiger partial charge in [0.2, 0.25) is 11.7 Å². The summed E-state index contributed by atoms with van der Waals surface area (Å²) in [5.74, 6) is -0.438. The van der Waals surface area contributed by atoms with Crippen LogP contribution in [0, 0.1) is 0 Å². The van der Waals surface area contributed by atoms with Gasteiger partial charge in [-0.25, -0.2) is 4.79 Å². The van der Waals surface area contributed by atoms with E-state index < -0.39 is 5.97 Å². The van der Waals surface area contributed by atoms with E-state index in [-0.39, 0.29) is 11.7 Å². The molecule has 2 N–H and O–H groups in total. The van der Waals surface area contributed by atoms with E-state index in [9.17, 15) is 9.59 Å². The first-order chi connectivity index (χ1) is 10.5. The summed E-state index contributed by atoms with van der Waals surface area (Å²) in [5.41, 5.74) is 1.17. The Labute approximate surface area is 127 Å². The number of furan rings is 1. The predicted molar refractivity (Wildman–Crippen MR) is 81.2 cm³/mol. The van der Waals surface area contributed by atoms with Crippen molar-refractivity contribution in [3.8, 4) is 17.1 Å². The van der Waals surface area contributed by atoms with Crippen LogP contribution in [0.25, 0.3) is 11.3 Å². The summed E-state index contributed by atoms with van der Waals surface area (Å²) in [6.07, 6.45) is 1.16. The molecule has 0 spiro atoms. The van der Waals surface area contributed by atoms with Crippen LogP contribution in [-0.4, -0.2) is 24.1 Å². The molecule has 0 saturated heterocycles. The van der Waals surface area contributed by atoms with E-state index in [1.807, 2.05) is 6.92 Å². The Bertz CT molecular complexity index is 690. The van der Waals surface area contributed by atoms with E-state index >= 15 is 0 Å². The molecular weight excluding hydrogens is 286 g/mol. The van der Waals surface area contributed by atoms with Gasteiger partial charge in [0.25, 0.3) is 0 Å². The quantitative estimate of drug-likeness (QED) is 0.853. The Morgan fingerprint density at radius 2 is 2.05 bits per heavy atom. The Morgan fingerprint density at radius 3 is 2.64 bits per heavy atom. The molecule has 22 heavy (non-hydrogen) atoms. The average molecular weight is 303 g/mol. The number of carbonyl (C=O) groups is 2. The summed E-state index contributed by atoms with van der Waals surface area (Å²) in [5, 5.41) is 11.7. The molecule has 0 unspecified atom stereocenters. The summed E-state index contributed by atoms with van der Waals surface area (Å²) >= 11 is 0. The molecule has 2 aromatic rings. The van der Waals surface area contributed by atoms with Crippen molar-refractivity contribution >= 4 is 17.6 Å². The maximum Gasteiger partial charge on any atom is 0.371 e. The summed E-state index contributed by atoms with van der Waals surface area (Å²) < 4.78 is 10.5. The van der Waals surface area contributed by atoms with E-state index in [0.29, 0.717) is 29.2 Å². The molecule has 6 heteroatoms. The highest BCUT2D eigenvalue weighted by atomic mass is 16.5. The van der Waals surface area contributed by atoms with Crippen molar-refractivity contribution in [1.29, 1.82) is 0 Å². The van der Waals surface area contributed by atoms with Crippen molar-refractivity contribution in [2.45, 2.75) is 19.8 Å². The number of aromatic carboxylic acids is 1. The topological polar surface area (TPSA) is 88.8 Å². The highest BCUT2D eigenvalue weighted by molar-refractivity contribution is 5.93. The molecule has 1 amide bonds. The molecule has 1 aromatic carbocycles. The number of hydrogen-bond acceptors (Lipinski definition) is 4. The fourth-order valence-corrected chi connectivity index (χ4v) is 2.01. The molecule has 0 bridgehead atoms. The SMILES string of the molecule is CCCC(=O)Nc1cc(-c2ccc(C(=O)O)o2)ccc1OC. The zero-order valence-corrected chi connectivity index (χ0v) is 12.4. The largest absolute Gasteiger partial charge is 0.495 e. The van der Waals surface area contributed by atoms with Gasteiger partial charge in [-0.05, 0) is 36.8 Å². The average Bonchev–Trinajstić information content (AvgIpc) is 2.97. The highest BCUT2D eigenvalue weighted by Gasteiger charge is 2.13. The van der Waals surface area contributed by atoms with Crippen LogP contribution in [0.15, 0.2) is 34.7 Å². The number of nitrogens with one attached hydrogen (secondary N) is 1. The van der Waals surface area contributed by atoms with Gasteiger partial charge in [0.1, 0.15) is 11.5 Å². The molecule has 0 aliphatic carbocycles. The number of anilines is 1. The molecule has 0 saturated carbocycles. The minimum Gasteiger partial charge on any atom is -0.495 e. The lowest BCUT2D eigenvalue weighted by atomic mass is 10.1. The standard InChI is InChI=1S/C16H17NO5/c1-3-4-15(18)17-11-9-10(5-6-13(11)21-2)12-7-8-14(22-12)16(19)20/h5-9H,3-4H2,1-2H3,(H,17,18)(H,19,20). The van der Waals surface area contributed by atoms with Gasteiger partial charge in [-0.3, -0.25) is 4.79 Å². The Balaban J connectivity index is 2.33. The summed E-state index contributed by atoms with van der Waals surface area (Å²) in [7, 11) is 1.51. The lowest BCUT2D eigenvalue weighted by Gasteiger charge is -2.11. The fraction of sp³-hybridized carbons (Fsp3) is 0.250. The van der Waals surface area contributed by atoms with E-state index in [4.69, 9.17) is 14.3 Å². The van der Waals surface area contributed by atoms with Gasteiger partial charge < -0.3 is 19.6 Å². The van der Waals surface area contributed by atoms with Crippen LogP contribution in [0.5, 0.6) is 5.75 Å². The Kier molecular flexibility index (Phi) is 4.83. The Morgan fingerprint density at radius 1 is 1.27 bits per heavy atom. The van der Waals surface area contributed by atoms with Crippen LogP contribution in [-0.2, 0) is 4.79 Å².